The SMILES string of the molecule is CCn1c(COc2ccccc2OC)nnc1SC(C)C(=O)O. The third kappa shape index (κ3) is 4.16. The van der Waals surface area contributed by atoms with E-state index in [0.29, 0.717) is 29.0 Å². The summed E-state index contributed by atoms with van der Waals surface area (Å²) in [4.78, 5) is 11.0. The molecule has 7 nitrogen and oxygen atoms in total. The molecule has 23 heavy (non-hydrogen) atoms. The Kier molecular flexibility index (Phi) is 5.86. The zero-order chi connectivity index (χ0) is 16.8. The van der Waals surface area contributed by atoms with Gasteiger partial charge in [-0.15, -0.1) is 10.2 Å². The van der Waals surface area contributed by atoms with Crippen molar-refractivity contribution in [2.45, 2.75) is 37.4 Å². The maximum Gasteiger partial charge on any atom is 0.316 e. The lowest BCUT2D eigenvalue weighted by atomic mass is 10.3. The van der Waals surface area contributed by atoms with Crippen LogP contribution in [0.5, 0.6) is 11.5 Å². The van der Waals surface area contributed by atoms with E-state index < -0.39 is 11.2 Å². The molecule has 0 aliphatic heterocycles. The molecule has 0 radical (unpaired) electrons. The fraction of sp³-hybridized carbons (Fsp3) is 0.400. The predicted molar refractivity (Wildman–Crippen MR) is 86.0 cm³/mol. The number of hydrogen-bond donors (Lipinski definition) is 1. The van der Waals surface area contributed by atoms with Gasteiger partial charge in [-0.25, -0.2) is 0 Å². The van der Waals surface area contributed by atoms with Crippen molar-refractivity contribution >= 4 is 17.7 Å². The smallest absolute Gasteiger partial charge is 0.316 e. The number of para-hydroxylation sites is 2. The van der Waals surface area contributed by atoms with Crippen LogP contribution < -0.4 is 9.47 Å². The summed E-state index contributed by atoms with van der Waals surface area (Å²) in [5, 5.41) is 17.2. The minimum atomic E-state index is -0.882. The van der Waals surface area contributed by atoms with Gasteiger partial charge in [-0.3, -0.25) is 4.79 Å². The highest BCUT2D eigenvalue weighted by atomic mass is 32.2. The molecule has 2 aromatic rings. The van der Waals surface area contributed by atoms with Crippen LogP contribution in [0.25, 0.3) is 0 Å². The number of nitrogens with zero attached hydrogens (tertiary/aromatic N) is 3. The standard InChI is InChI=1S/C15H19N3O4S/c1-4-18-13(16-17-15(18)23-10(2)14(19)20)9-22-12-8-6-5-7-11(12)21-3/h5-8,10H,4,9H2,1-3H3,(H,19,20). The highest BCUT2D eigenvalue weighted by molar-refractivity contribution is 8.00. The summed E-state index contributed by atoms with van der Waals surface area (Å²) in [6.07, 6.45) is 0. The number of rotatable bonds is 8. The van der Waals surface area contributed by atoms with E-state index in [1.54, 1.807) is 14.0 Å². The van der Waals surface area contributed by atoms with E-state index in [1.807, 2.05) is 35.8 Å². The molecule has 0 spiro atoms. The van der Waals surface area contributed by atoms with Gasteiger partial charge in [0.05, 0.1) is 7.11 Å². The third-order valence-electron chi connectivity index (χ3n) is 3.17. The molecular formula is C15H19N3O4S. The average molecular weight is 337 g/mol. The van der Waals surface area contributed by atoms with Gasteiger partial charge in [0.2, 0.25) is 0 Å². The van der Waals surface area contributed by atoms with Gasteiger partial charge < -0.3 is 19.1 Å². The second-order valence-electron chi connectivity index (χ2n) is 4.68. The maximum absolute atomic E-state index is 11.0. The summed E-state index contributed by atoms with van der Waals surface area (Å²) >= 11 is 1.16. The molecule has 1 N–H and O–H groups in total. The fourth-order valence-electron chi connectivity index (χ4n) is 1.92. The number of carboxylic acids is 1. The molecule has 124 valence electrons. The molecule has 8 heteroatoms. The molecule has 1 heterocycles. The number of carbonyl (C=O) groups is 1. The minimum Gasteiger partial charge on any atom is -0.493 e. The third-order valence-corrected chi connectivity index (χ3v) is 4.23. The lowest BCUT2D eigenvalue weighted by molar-refractivity contribution is -0.136. The van der Waals surface area contributed by atoms with Gasteiger partial charge in [-0.1, -0.05) is 23.9 Å². The summed E-state index contributed by atoms with van der Waals surface area (Å²) < 4.78 is 12.8. The minimum absolute atomic E-state index is 0.225. The van der Waals surface area contributed by atoms with Crippen molar-refractivity contribution in [3.8, 4) is 11.5 Å². The number of aliphatic carboxylic acids is 1. The first-order chi connectivity index (χ1) is 11.1. The first kappa shape index (κ1) is 17.1. The van der Waals surface area contributed by atoms with Gasteiger partial charge in [-0.2, -0.15) is 0 Å². The van der Waals surface area contributed by atoms with Crippen molar-refractivity contribution in [1.82, 2.24) is 14.8 Å². The predicted octanol–water partition coefficient (Wildman–Crippen LogP) is 2.45. The largest absolute Gasteiger partial charge is 0.493 e. The zero-order valence-electron chi connectivity index (χ0n) is 13.2. The number of thioether (sulfide) groups is 1. The Hall–Kier alpha value is -2.22. The number of hydrogen-bond acceptors (Lipinski definition) is 6. The number of ether oxygens (including phenoxy) is 2. The van der Waals surface area contributed by atoms with Gasteiger partial charge in [-0.05, 0) is 26.0 Å². The fourth-order valence-corrected chi connectivity index (χ4v) is 2.79. The van der Waals surface area contributed by atoms with Crippen LogP contribution in [0.15, 0.2) is 29.4 Å². The van der Waals surface area contributed by atoms with E-state index in [2.05, 4.69) is 10.2 Å². The molecule has 1 atom stereocenters. The van der Waals surface area contributed by atoms with Gasteiger partial charge in [0.1, 0.15) is 11.9 Å². The van der Waals surface area contributed by atoms with Gasteiger partial charge >= 0.3 is 5.97 Å². The van der Waals surface area contributed by atoms with Crippen LogP contribution in [0.1, 0.15) is 19.7 Å². The first-order valence-electron chi connectivity index (χ1n) is 7.14. The van der Waals surface area contributed by atoms with Crippen LogP contribution in [0.4, 0.5) is 0 Å². The average Bonchev–Trinajstić information content (AvgIpc) is 2.94. The van der Waals surface area contributed by atoms with Crippen molar-refractivity contribution in [2.24, 2.45) is 0 Å². The van der Waals surface area contributed by atoms with Gasteiger partial charge in [0.15, 0.2) is 22.5 Å². The second-order valence-corrected chi connectivity index (χ2v) is 5.99. The number of carboxylic acid groups (broad SMARTS) is 1. The monoisotopic (exact) mass is 337 g/mol. The van der Waals surface area contributed by atoms with Crippen LogP contribution in [0.2, 0.25) is 0 Å². The number of benzene rings is 1. The summed E-state index contributed by atoms with van der Waals surface area (Å²) in [5.74, 6) is 1.02. The van der Waals surface area contributed by atoms with Crippen LogP contribution in [0, 0.1) is 0 Å². The van der Waals surface area contributed by atoms with E-state index in [-0.39, 0.29) is 6.61 Å². The van der Waals surface area contributed by atoms with E-state index in [1.165, 1.54) is 0 Å². The Bertz CT molecular complexity index is 674. The molecule has 0 fully saturated rings. The Morgan fingerprint density at radius 3 is 2.65 bits per heavy atom. The highest BCUT2D eigenvalue weighted by Crippen LogP contribution is 2.27. The van der Waals surface area contributed by atoms with E-state index >= 15 is 0 Å². The van der Waals surface area contributed by atoms with E-state index in [0.717, 1.165) is 11.8 Å². The molecule has 1 aromatic heterocycles. The van der Waals surface area contributed by atoms with Crippen LogP contribution in [-0.2, 0) is 17.9 Å². The molecule has 0 saturated heterocycles. The quantitative estimate of drug-likeness (QED) is 0.740. The Balaban J connectivity index is 2.11. The Labute approximate surface area is 138 Å². The summed E-state index contributed by atoms with van der Waals surface area (Å²) in [7, 11) is 1.58. The van der Waals surface area contributed by atoms with Crippen molar-refractivity contribution in [1.29, 1.82) is 0 Å². The van der Waals surface area contributed by atoms with Gasteiger partial charge in [0.25, 0.3) is 0 Å². The normalized spacial score (nSPS) is 12.0. The van der Waals surface area contributed by atoms with Crippen molar-refractivity contribution in [3.05, 3.63) is 30.1 Å². The first-order valence-corrected chi connectivity index (χ1v) is 8.02. The molecule has 1 aromatic carbocycles. The topological polar surface area (TPSA) is 86.5 Å². The zero-order valence-corrected chi connectivity index (χ0v) is 14.0. The van der Waals surface area contributed by atoms with Crippen molar-refractivity contribution in [3.63, 3.8) is 0 Å². The number of aromatic nitrogens is 3. The van der Waals surface area contributed by atoms with E-state index in [4.69, 9.17) is 14.6 Å². The molecule has 2 rings (SSSR count). The van der Waals surface area contributed by atoms with E-state index in [9.17, 15) is 4.79 Å². The van der Waals surface area contributed by atoms with Crippen LogP contribution in [0.3, 0.4) is 0 Å². The van der Waals surface area contributed by atoms with Crippen LogP contribution >= 0.6 is 11.8 Å². The Morgan fingerprint density at radius 2 is 2.04 bits per heavy atom. The second kappa shape index (κ2) is 7.87. The molecular weight excluding hydrogens is 318 g/mol. The van der Waals surface area contributed by atoms with Crippen molar-refractivity contribution < 1.29 is 19.4 Å². The lowest BCUT2D eigenvalue weighted by Crippen LogP contribution is -2.13. The Morgan fingerprint density at radius 1 is 1.35 bits per heavy atom. The summed E-state index contributed by atoms with van der Waals surface area (Å²) in [6, 6.07) is 7.35. The van der Waals surface area contributed by atoms with Gasteiger partial charge in [0, 0.05) is 6.54 Å². The molecule has 0 saturated carbocycles. The molecule has 0 amide bonds. The lowest BCUT2D eigenvalue weighted by Gasteiger charge is -2.11. The number of methoxy groups -OCH3 is 1. The molecule has 0 bridgehead atoms. The maximum atomic E-state index is 11.0. The molecule has 1 unspecified atom stereocenters. The summed E-state index contributed by atoms with van der Waals surface area (Å²) in [6.45, 7) is 4.42. The molecule has 0 aliphatic carbocycles. The van der Waals surface area contributed by atoms with Crippen LogP contribution in [-0.4, -0.2) is 38.2 Å². The molecule has 0 aliphatic rings. The van der Waals surface area contributed by atoms with Crippen molar-refractivity contribution in [2.75, 3.05) is 7.11 Å². The highest BCUT2D eigenvalue weighted by Gasteiger charge is 2.19. The summed E-state index contributed by atoms with van der Waals surface area (Å²) in [5.41, 5.74) is 0.